The number of hydrogen-bond acceptors (Lipinski definition) is 5. The summed E-state index contributed by atoms with van der Waals surface area (Å²) >= 11 is 1.10. The van der Waals surface area contributed by atoms with Crippen LogP contribution in [0, 0.1) is 0 Å². The molecule has 1 heterocycles. The molecule has 0 aliphatic carbocycles. The summed E-state index contributed by atoms with van der Waals surface area (Å²) in [6.45, 7) is 0. The molecule has 0 spiro atoms. The Morgan fingerprint density at radius 2 is 1.79 bits per heavy atom. The number of aliphatic carboxylic acids is 1. The number of methoxy groups -OCH3 is 1. The highest BCUT2D eigenvalue weighted by Crippen LogP contribution is 2.39. The molecule has 0 atom stereocenters. The van der Waals surface area contributed by atoms with Gasteiger partial charge in [-0.25, -0.2) is 9.78 Å². The molecule has 5 nitrogen and oxygen atoms in total. The highest BCUT2D eigenvalue weighted by Gasteiger charge is 2.43. The van der Waals surface area contributed by atoms with E-state index in [0.717, 1.165) is 29.5 Å². The van der Waals surface area contributed by atoms with Gasteiger partial charge >= 0.3 is 18.3 Å². The van der Waals surface area contributed by atoms with Gasteiger partial charge < -0.3 is 14.6 Å². The second kappa shape index (κ2) is 6.89. The molecule has 0 saturated heterocycles. The second-order valence-electron chi connectivity index (χ2n) is 5.49. The largest absolute Gasteiger partial charge is 0.502 e. The Morgan fingerprint density at radius 3 is 2.39 bits per heavy atom. The van der Waals surface area contributed by atoms with E-state index in [4.69, 9.17) is 9.84 Å². The van der Waals surface area contributed by atoms with E-state index in [1.54, 1.807) is 0 Å². The van der Waals surface area contributed by atoms with Gasteiger partial charge in [0.1, 0.15) is 5.01 Å². The SMILES string of the molecule is COc1cc(-c2nc3cc(C(F)(F)F)ccc3s2)ccc1OC(F)(F)C(=O)O. The predicted molar refractivity (Wildman–Crippen MR) is 89.8 cm³/mol. The van der Waals surface area contributed by atoms with E-state index in [1.165, 1.54) is 25.3 Å². The third-order valence-electron chi connectivity index (χ3n) is 3.61. The average Bonchev–Trinajstić information content (AvgIpc) is 3.04. The number of hydrogen-bond donors (Lipinski definition) is 1. The monoisotopic (exact) mass is 419 g/mol. The smallest absolute Gasteiger partial charge is 0.493 e. The van der Waals surface area contributed by atoms with E-state index in [9.17, 15) is 26.7 Å². The summed E-state index contributed by atoms with van der Waals surface area (Å²) in [5, 5.41) is 8.78. The summed E-state index contributed by atoms with van der Waals surface area (Å²) in [5.41, 5.74) is -0.335. The summed E-state index contributed by atoms with van der Waals surface area (Å²) in [7, 11) is 1.17. The van der Waals surface area contributed by atoms with Crippen molar-refractivity contribution in [1.82, 2.24) is 4.98 Å². The Morgan fingerprint density at radius 1 is 1.07 bits per heavy atom. The van der Waals surface area contributed by atoms with Gasteiger partial charge in [0, 0.05) is 5.56 Å². The zero-order chi connectivity index (χ0) is 20.7. The average molecular weight is 419 g/mol. The van der Waals surface area contributed by atoms with Crippen LogP contribution in [0.2, 0.25) is 0 Å². The highest BCUT2D eigenvalue weighted by molar-refractivity contribution is 7.21. The third-order valence-corrected chi connectivity index (χ3v) is 4.70. The number of benzene rings is 2. The Balaban J connectivity index is 1.99. The van der Waals surface area contributed by atoms with Crippen molar-refractivity contribution in [2.45, 2.75) is 12.3 Å². The first kappa shape index (κ1) is 19.8. The number of rotatable bonds is 5. The highest BCUT2D eigenvalue weighted by atomic mass is 32.1. The maximum Gasteiger partial charge on any atom is 0.502 e. The van der Waals surface area contributed by atoms with Crippen molar-refractivity contribution in [2.24, 2.45) is 0 Å². The van der Waals surface area contributed by atoms with Gasteiger partial charge in [-0.3, -0.25) is 0 Å². The number of carboxylic acid groups (broad SMARTS) is 1. The van der Waals surface area contributed by atoms with Crippen LogP contribution in [-0.4, -0.2) is 29.3 Å². The Hall–Kier alpha value is -2.95. The van der Waals surface area contributed by atoms with E-state index >= 15 is 0 Å². The van der Waals surface area contributed by atoms with Crippen molar-refractivity contribution >= 4 is 27.5 Å². The number of nitrogens with zero attached hydrogens (tertiary/aromatic N) is 1. The first-order chi connectivity index (χ1) is 13.0. The topological polar surface area (TPSA) is 68.7 Å². The zero-order valence-corrected chi connectivity index (χ0v) is 14.7. The lowest BCUT2D eigenvalue weighted by Gasteiger charge is -2.16. The molecule has 0 radical (unpaired) electrons. The standard InChI is InChI=1S/C17H10F5NO4S/c1-26-12-6-8(2-4-11(12)27-17(21,22)15(24)25)14-23-10-7-9(16(18,19)20)3-5-13(10)28-14/h2-7H,1H3,(H,24,25). The summed E-state index contributed by atoms with van der Waals surface area (Å²) < 4.78 is 74.6. The van der Waals surface area contributed by atoms with E-state index in [-0.39, 0.29) is 11.3 Å². The number of carbonyl (C=O) groups is 1. The van der Waals surface area contributed by atoms with Crippen molar-refractivity contribution in [3.8, 4) is 22.1 Å². The molecule has 0 saturated carbocycles. The van der Waals surface area contributed by atoms with Gasteiger partial charge in [0.05, 0.1) is 22.9 Å². The van der Waals surface area contributed by atoms with Crippen molar-refractivity contribution in [2.75, 3.05) is 7.11 Å². The van der Waals surface area contributed by atoms with E-state index in [2.05, 4.69) is 9.72 Å². The molecule has 0 bridgehead atoms. The molecule has 28 heavy (non-hydrogen) atoms. The molecular formula is C17H10F5NO4S. The quantitative estimate of drug-likeness (QED) is 0.587. The minimum Gasteiger partial charge on any atom is -0.493 e. The molecule has 0 fully saturated rings. The number of carboxylic acids is 1. The molecule has 0 amide bonds. The number of ether oxygens (including phenoxy) is 2. The number of aromatic nitrogens is 1. The van der Waals surface area contributed by atoms with Crippen LogP contribution in [0.25, 0.3) is 20.8 Å². The second-order valence-corrected chi connectivity index (χ2v) is 6.52. The number of halogens is 5. The fourth-order valence-electron chi connectivity index (χ4n) is 2.29. The first-order valence-corrected chi connectivity index (χ1v) is 8.29. The van der Waals surface area contributed by atoms with Crippen molar-refractivity contribution < 1.29 is 41.3 Å². The fourth-order valence-corrected chi connectivity index (χ4v) is 3.24. The van der Waals surface area contributed by atoms with Crippen LogP contribution in [0.1, 0.15) is 5.56 Å². The fraction of sp³-hybridized carbons (Fsp3) is 0.176. The Bertz CT molecular complexity index is 1050. The van der Waals surface area contributed by atoms with Gasteiger partial charge in [-0.1, -0.05) is 0 Å². The van der Waals surface area contributed by atoms with Gasteiger partial charge in [-0.05, 0) is 36.4 Å². The van der Waals surface area contributed by atoms with Crippen molar-refractivity contribution in [1.29, 1.82) is 0 Å². The maximum absolute atomic E-state index is 13.3. The van der Waals surface area contributed by atoms with Gasteiger partial charge in [0.2, 0.25) is 0 Å². The molecule has 0 aliphatic heterocycles. The van der Waals surface area contributed by atoms with Gasteiger partial charge in [-0.15, -0.1) is 11.3 Å². The summed E-state index contributed by atoms with van der Waals surface area (Å²) in [4.78, 5) is 14.7. The Kier molecular flexibility index (Phi) is 4.88. The van der Waals surface area contributed by atoms with E-state index in [0.29, 0.717) is 15.3 Å². The zero-order valence-electron chi connectivity index (χ0n) is 13.9. The summed E-state index contributed by atoms with van der Waals surface area (Å²) in [6, 6.07) is 6.81. The lowest BCUT2D eigenvalue weighted by atomic mass is 10.2. The Labute approximate surface area is 158 Å². The molecule has 11 heteroatoms. The van der Waals surface area contributed by atoms with Crippen LogP contribution < -0.4 is 9.47 Å². The minimum atomic E-state index is -4.50. The molecule has 148 valence electrons. The van der Waals surface area contributed by atoms with Crippen LogP contribution in [0.5, 0.6) is 11.5 Å². The van der Waals surface area contributed by atoms with Gasteiger partial charge in [0.15, 0.2) is 11.5 Å². The summed E-state index contributed by atoms with van der Waals surface area (Å²) in [6.07, 6.45) is -8.96. The van der Waals surface area contributed by atoms with Crippen LogP contribution in [0.4, 0.5) is 22.0 Å². The number of fused-ring (bicyclic) bond motifs is 1. The van der Waals surface area contributed by atoms with E-state index < -0.39 is 29.6 Å². The van der Waals surface area contributed by atoms with E-state index in [1.807, 2.05) is 0 Å². The van der Waals surface area contributed by atoms with Crippen LogP contribution in [0.15, 0.2) is 36.4 Å². The number of thiazole rings is 1. The summed E-state index contributed by atoms with van der Waals surface area (Å²) in [5.74, 6) is -3.17. The molecule has 0 unspecified atom stereocenters. The first-order valence-electron chi connectivity index (χ1n) is 7.47. The third kappa shape index (κ3) is 3.84. The normalized spacial score (nSPS) is 12.2. The molecule has 2 aromatic carbocycles. The van der Waals surface area contributed by atoms with Crippen LogP contribution in [-0.2, 0) is 11.0 Å². The molecule has 1 aromatic heterocycles. The van der Waals surface area contributed by atoms with Crippen LogP contribution in [0.3, 0.4) is 0 Å². The molecule has 3 rings (SSSR count). The van der Waals surface area contributed by atoms with Gasteiger partial charge in [0.25, 0.3) is 0 Å². The molecule has 0 aliphatic rings. The number of alkyl halides is 5. The lowest BCUT2D eigenvalue weighted by molar-refractivity contribution is -0.211. The molecular weight excluding hydrogens is 409 g/mol. The maximum atomic E-state index is 13.3. The minimum absolute atomic E-state index is 0.131. The lowest BCUT2D eigenvalue weighted by Crippen LogP contribution is -2.34. The molecule has 1 N–H and O–H groups in total. The van der Waals surface area contributed by atoms with Crippen molar-refractivity contribution in [3.05, 3.63) is 42.0 Å². The predicted octanol–water partition coefficient (Wildman–Crippen LogP) is 5.05. The molecule has 3 aromatic rings. The van der Waals surface area contributed by atoms with Crippen LogP contribution >= 0.6 is 11.3 Å². The van der Waals surface area contributed by atoms with Crippen molar-refractivity contribution in [3.63, 3.8) is 0 Å². The van der Waals surface area contributed by atoms with Gasteiger partial charge in [-0.2, -0.15) is 22.0 Å².